The predicted octanol–water partition coefficient (Wildman–Crippen LogP) is 3.75. The van der Waals surface area contributed by atoms with Crippen molar-refractivity contribution in [2.24, 2.45) is 11.3 Å². The Bertz CT molecular complexity index is 266. The van der Waals surface area contributed by atoms with Gasteiger partial charge in [-0.25, -0.2) is 0 Å². The Morgan fingerprint density at radius 2 is 1.67 bits per heavy atom. The molecule has 0 unspecified atom stereocenters. The van der Waals surface area contributed by atoms with Crippen molar-refractivity contribution in [3.8, 4) is 0 Å². The van der Waals surface area contributed by atoms with E-state index in [-0.39, 0.29) is 18.3 Å². The van der Waals surface area contributed by atoms with E-state index >= 15 is 0 Å². The van der Waals surface area contributed by atoms with Gasteiger partial charge in [-0.3, -0.25) is 0 Å². The maximum absolute atomic E-state index is 12.6. The van der Waals surface area contributed by atoms with Crippen molar-refractivity contribution in [3.63, 3.8) is 0 Å². The summed E-state index contributed by atoms with van der Waals surface area (Å²) < 4.78 is 37.8. The summed E-state index contributed by atoms with van der Waals surface area (Å²) in [5, 5.41) is 0. The third-order valence-electron chi connectivity index (χ3n) is 4.61. The number of piperidine rings is 1. The smallest absolute Gasteiger partial charge is 0.303 e. The first kappa shape index (κ1) is 14.5. The van der Waals surface area contributed by atoms with Gasteiger partial charge in [-0.1, -0.05) is 12.8 Å². The summed E-state index contributed by atoms with van der Waals surface area (Å²) in [6.07, 6.45) is 1.42. The Morgan fingerprint density at radius 3 is 2.11 bits per heavy atom. The molecular formula is C13H22F3NS. The van der Waals surface area contributed by atoms with Crippen LogP contribution in [0.3, 0.4) is 0 Å². The predicted molar refractivity (Wildman–Crippen MR) is 70.0 cm³/mol. The van der Waals surface area contributed by atoms with Crippen molar-refractivity contribution in [2.45, 2.75) is 44.7 Å². The Balaban J connectivity index is 1.83. The van der Waals surface area contributed by atoms with Gasteiger partial charge in [0.1, 0.15) is 0 Å². The second-order valence-corrected chi connectivity index (χ2v) is 6.27. The second-order valence-electron chi connectivity index (χ2n) is 5.96. The average molecular weight is 281 g/mol. The molecule has 1 saturated carbocycles. The van der Waals surface area contributed by atoms with E-state index in [1.807, 2.05) is 0 Å². The summed E-state index contributed by atoms with van der Waals surface area (Å²) in [6, 6.07) is 0. The number of rotatable bonds is 3. The lowest BCUT2D eigenvalue weighted by Gasteiger charge is -2.38. The van der Waals surface area contributed by atoms with Crippen molar-refractivity contribution in [1.29, 1.82) is 0 Å². The lowest BCUT2D eigenvalue weighted by molar-refractivity contribution is -0.185. The molecule has 1 aliphatic heterocycles. The fourth-order valence-electron chi connectivity index (χ4n) is 3.38. The summed E-state index contributed by atoms with van der Waals surface area (Å²) in [5.74, 6) is -0.212. The first-order valence-electron chi connectivity index (χ1n) is 6.85. The number of hydrogen-bond acceptors (Lipinski definition) is 2. The van der Waals surface area contributed by atoms with Gasteiger partial charge >= 0.3 is 6.18 Å². The van der Waals surface area contributed by atoms with Crippen molar-refractivity contribution in [1.82, 2.24) is 4.90 Å². The molecule has 0 spiro atoms. The number of alkyl halides is 3. The van der Waals surface area contributed by atoms with Gasteiger partial charge in [-0.15, -0.1) is 0 Å². The first-order chi connectivity index (χ1) is 8.45. The van der Waals surface area contributed by atoms with Crippen LogP contribution in [-0.4, -0.2) is 36.5 Å². The number of nitrogens with zero attached hydrogens (tertiary/aromatic N) is 1. The van der Waals surface area contributed by atoms with E-state index in [2.05, 4.69) is 17.5 Å². The van der Waals surface area contributed by atoms with Crippen LogP contribution in [0.25, 0.3) is 0 Å². The van der Waals surface area contributed by atoms with Gasteiger partial charge in [0.25, 0.3) is 0 Å². The topological polar surface area (TPSA) is 3.24 Å². The third-order valence-corrected chi connectivity index (χ3v) is 5.28. The van der Waals surface area contributed by atoms with Crippen molar-refractivity contribution in [3.05, 3.63) is 0 Å². The molecule has 5 heteroatoms. The van der Waals surface area contributed by atoms with Gasteiger partial charge in [0.2, 0.25) is 0 Å². The molecule has 0 amide bonds. The molecule has 0 atom stereocenters. The Hall–Kier alpha value is 0.100. The number of thiol groups is 1. The lowest BCUT2D eigenvalue weighted by Crippen LogP contribution is -2.44. The van der Waals surface area contributed by atoms with Crippen LogP contribution >= 0.6 is 12.6 Å². The Labute approximate surface area is 113 Å². The summed E-state index contributed by atoms with van der Waals surface area (Å²) in [4.78, 5) is 2.23. The van der Waals surface area contributed by atoms with Crippen LogP contribution < -0.4 is 0 Å². The summed E-state index contributed by atoms with van der Waals surface area (Å²) >= 11 is 4.46. The van der Waals surface area contributed by atoms with E-state index in [0.29, 0.717) is 13.1 Å². The zero-order chi connectivity index (χ0) is 13.2. The number of likely N-dealkylation sites (tertiary alicyclic amines) is 1. The van der Waals surface area contributed by atoms with Crippen LogP contribution in [0.2, 0.25) is 0 Å². The molecule has 0 aromatic heterocycles. The van der Waals surface area contributed by atoms with Gasteiger partial charge < -0.3 is 4.90 Å². The minimum Gasteiger partial charge on any atom is -0.303 e. The number of hydrogen-bond donors (Lipinski definition) is 1. The molecule has 1 saturated heterocycles. The summed E-state index contributed by atoms with van der Waals surface area (Å²) in [5.41, 5.74) is 0.272. The molecule has 1 nitrogen and oxygen atoms in total. The molecule has 0 radical (unpaired) electrons. The van der Waals surface area contributed by atoms with Crippen LogP contribution in [0.15, 0.2) is 0 Å². The maximum Gasteiger partial charge on any atom is 0.391 e. The van der Waals surface area contributed by atoms with E-state index in [1.54, 1.807) is 0 Å². The quantitative estimate of drug-likeness (QED) is 0.771. The zero-order valence-corrected chi connectivity index (χ0v) is 11.6. The molecule has 1 heterocycles. The Morgan fingerprint density at radius 1 is 1.11 bits per heavy atom. The molecular weight excluding hydrogens is 259 g/mol. The SMILES string of the molecule is FC(F)(F)C1CCN(CC2(CS)CCCC2)CC1. The van der Waals surface area contributed by atoms with E-state index in [4.69, 9.17) is 0 Å². The zero-order valence-electron chi connectivity index (χ0n) is 10.7. The molecule has 0 aromatic rings. The highest BCUT2D eigenvalue weighted by Crippen LogP contribution is 2.41. The van der Waals surface area contributed by atoms with Gasteiger partial charge in [-0.05, 0) is 49.9 Å². The van der Waals surface area contributed by atoms with Crippen LogP contribution in [0.4, 0.5) is 13.2 Å². The minimum atomic E-state index is -4.00. The standard InChI is InChI=1S/C13H22F3NS/c14-13(15,16)11-3-7-17(8-4-11)9-12(10-18)5-1-2-6-12/h11,18H,1-10H2. The maximum atomic E-state index is 12.6. The fraction of sp³-hybridized carbons (Fsp3) is 1.00. The van der Waals surface area contributed by atoms with Crippen molar-refractivity contribution in [2.75, 3.05) is 25.4 Å². The van der Waals surface area contributed by atoms with Crippen LogP contribution in [0.1, 0.15) is 38.5 Å². The monoisotopic (exact) mass is 281 g/mol. The van der Waals surface area contributed by atoms with Crippen molar-refractivity contribution < 1.29 is 13.2 Å². The van der Waals surface area contributed by atoms with Crippen LogP contribution in [0, 0.1) is 11.3 Å². The van der Waals surface area contributed by atoms with Crippen LogP contribution in [0.5, 0.6) is 0 Å². The highest BCUT2D eigenvalue weighted by Gasteiger charge is 2.42. The molecule has 2 rings (SSSR count). The third kappa shape index (κ3) is 3.35. The molecule has 106 valence electrons. The normalized spacial score (nSPS) is 26.7. The highest BCUT2D eigenvalue weighted by atomic mass is 32.1. The molecule has 18 heavy (non-hydrogen) atoms. The van der Waals surface area contributed by atoms with Gasteiger partial charge in [0, 0.05) is 6.54 Å². The summed E-state index contributed by atoms with van der Waals surface area (Å²) in [7, 11) is 0. The molecule has 2 aliphatic rings. The minimum absolute atomic E-state index is 0.270. The lowest BCUT2D eigenvalue weighted by atomic mass is 9.86. The molecule has 1 aliphatic carbocycles. The first-order valence-corrected chi connectivity index (χ1v) is 7.48. The van der Waals surface area contributed by atoms with E-state index in [1.165, 1.54) is 25.7 Å². The molecule has 0 N–H and O–H groups in total. The highest BCUT2D eigenvalue weighted by molar-refractivity contribution is 7.80. The van der Waals surface area contributed by atoms with E-state index in [9.17, 15) is 13.2 Å². The summed E-state index contributed by atoms with van der Waals surface area (Å²) in [6.45, 7) is 2.14. The average Bonchev–Trinajstić information content (AvgIpc) is 2.78. The van der Waals surface area contributed by atoms with Gasteiger partial charge in [-0.2, -0.15) is 25.8 Å². The molecule has 2 fully saturated rings. The van der Waals surface area contributed by atoms with Gasteiger partial charge in [0.05, 0.1) is 5.92 Å². The Kier molecular flexibility index (Phi) is 4.52. The molecule has 0 bridgehead atoms. The fourth-order valence-corrected chi connectivity index (χ4v) is 3.80. The van der Waals surface area contributed by atoms with Crippen LogP contribution in [-0.2, 0) is 0 Å². The molecule has 0 aromatic carbocycles. The van der Waals surface area contributed by atoms with Gasteiger partial charge in [0.15, 0.2) is 0 Å². The van der Waals surface area contributed by atoms with E-state index < -0.39 is 12.1 Å². The second kappa shape index (κ2) is 5.61. The largest absolute Gasteiger partial charge is 0.391 e. The van der Waals surface area contributed by atoms with E-state index in [0.717, 1.165) is 12.3 Å². The number of halogens is 3. The van der Waals surface area contributed by atoms with Crippen molar-refractivity contribution >= 4 is 12.6 Å².